The van der Waals surface area contributed by atoms with Crippen LogP contribution in [0.15, 0.2) is 36.4 Å². The van der Waals surface area contributed by atoms with Crippen LogP contribution >= 0.6 is 0 Å². The number of ether oxygens (including phenoxy) is 1. The van der Waals surface area contributed by atoms with Crippen LogP contribution in [0.5, 0.6) is 5.75 Å². The van der Waals surface area contributed by atoms with Gasteiger partial charge in [-0.2, -0.15) is 4.39 Å². The van der Waals surface area contributed by atoms with Crippen LogP contribution in [0, 0.1) is 17.6 Å². The summed E-state index contributed by atoms with van der Waals surface area (Å²) in [6.07, 6.45) is 13.5. The summed E-state index contributed by atoms with van der Waals surface area (Å²) < 4.78 is 34.0. The summed E-state index contributed by atoms with van der Waals surface area (Å²) in [5, 5.41) is 0. The lowest BCUT2D eigenvalue weighted by Crippen LogP contribution is -2.14. The molecule has 180 valence electrons. The Labute approximate surface area is 197 Å². The molecule has 1 aliphatic carbocycles. The molecule has 1 saturated carbocycles. The minimum Gasteiger partial charge on any atom is -0.420 e. The van der Waals surface area contributed by atoms with Crippen molar-refractivity contribution in [3.63, 3.8) is 0 Å². The van der Waals surface area contributed by atoms with Crippen molar-refractivity contribution in [2.45, 2.75) is 96.8 Å². The van der Waals surface area contributed by atoms with Crippen LogP contribution in [-0.2, 0) is 6.42 Å². The number of esters is 1. The van der Waals surface area contributed by atoms with Crippen molar-refractivity contribution in [3.8, 4) is 5.75 Å². The van der Waals surface area contributed by atoms with Crippen LogP contribution in [0.25, 0.3) is 0 Å². The maximum atomic E-state index is 14.4. The molecule has 0 spiro atoms. The smallest absolute Gasteiger partial charge is 0.343 e. The summed E-state index contributed by atoms with van der Waals surface area (Å²) in [6.45, 7) is 4.31. The highest BCUT2D eigenvalue weighted by molar-refractivity contribution is 5.91. The molecule has 0 N–H and O–H groups in total. The van der Waals surface area contributed by atoms with Gasteiger partial charge < -0.3 is 4.74 Å². The van der Waals surface area contributed by atoms with Crippen molar-refractivity contribution in [1.82, 2.24) is 0 Å². The van der Waals surface area contributed by atoms with Crippen LogP contribution in [0.2, 0.25) is 0 Å². The number of hydrogen-bond donors (Lipinski definition) is 0. The van der Waals surface area contributed by atoms with Crippen molar-refractivity contribution in [3.05, 3.63) is 64.7 Å². The molecular weight excluding hydrogens is 418 g/mol. The average Bonchev–Trinajstić information content (AvgIpc) is 2.84. The minimum atomic E-state index is -1.09. The zero-order chi connectivity index (χ0) is 23.6. The van der Waals surface area contributed by atoms with E-state index in [9.17, 15) is 13.6 Å². The van der Waals surface area contributed by atoms with Crippen LogP contribution in [0.1, 0.15) is 112 Å². The third-order valence-electron chi connectivity index (χ3n) is 7.06. The number of unbranched alkanes of at least 4 members (excludes halogenated alkanes) is 4. The molecule has 0 unspecified atom stereocenters. The Hall–Kier alpha value is -2.23. The highest BCUT2D eigenvalue weighted by Gasteiger charge is 2.23. The molecule has 0 heterocycles. The predicted octanol–water partition coefficient (Wildman–Crippen LogP) is 8.77. The van der Waals surface area contributed by atoms with Gasteiger partial charge in [-0.1, -0.05) is 70.6 Å². The maximum absolute atomic E-state index is 14.4. The Morgan fingerprint density at radius 3 is 2.18 bits per heavy atom. The topological polar surface area (TPSA) is 26.3 Å². The normalized spacial score (nSPS) is 18.3. The fourth-order valence-electron chi connectivity index (χ4n) is 4.93. The number of hydrogen-bond acceptors (Lipinski definition) is 2. The van der Waals surface area contributed by atoms with E-state index in [-0.39, 0.29) is 5.75 Å². The molecule has 3 rings (SSSR count). The van der Waals surface area contributed by atoms with Gasteiger partial charge in [-0.3, -0.25) is 0 Å². The highest BCUT2D eigenvalue weighted by atomic mass is 19.2. The third kappa shape index (κ3) is 7.12. The highest BCUT2D eigenvalue weighted by Crippen LogP contribution is 2.38. The first-order valence-electron chi connectivity index (χ1n) is 12.8. The van der Waals surface area contributed by atoms with Crippen molar-refractivity contribution < 1.29 is 18.3 Å². The molecule has 0 aromatic heterocycles. The number of benzene rings is 2. The van der Waals surface area contributed by atoms with Gasteiger partial charge in [0.2, 0.25) is 5.82 Å². The first-order chi connectivity index (χ1) is 16.0. The van der Waals surface area contributed by atoms with E-state index in [0.717, 1.165) is 25.2 Å². The van der Waals surface area contributed by atoms with E-state index in [1.165, 1.54) is 69.1 Å². The van der Waals surface area contributed by atoms with Gasteiger partial charge in [0.1, 0.15) is 0 Å². The lowest BCUT2D eigenvalue weighted by molar-refractivity contribution is 0.0726. The van der Waals surface area contributed by atoms with Crippen LogP contribution in [0.4, 0.5) is 8.78 Å². The Balaban J connectivity index is 1.55. The summed E-state index contributed by atoms with van der Waals surface area (Å²) in [5.74, 6) is -1.65. The molecule has 2 nitrogen and oxygen atoms in total. The lowest BCUT2D eigenvalue weighted by Gasteiger charge is -2.29. The molecule has 0 atom stereocenters. The van der Waals surface area contributed by atoms with Gasteiger partial charge in [-0.25, -0.2) is 9.18 Å². The first kappa shape index (κ1) is 25.4. The molecule has 0 saturated heterocycles. The van der Waals surface area contributed by atoms with Crippen molar-refractivity contribution >= 4 is 5.97 Å². The van der Waals surface area contributed by atoms with Gasteiger partial charge in [0.15, 0.2) is 11.6 Å². The van der Waals surface area contributed by atoms with Gasteiger partial charge in [-0.15, -0.1) is 0 Å². The molecule has 33 heavy (non-hydrogen) atoms. The van der Waals surface area contributed by atoms with E-state index in [0.29, 0.717) is 23.5 Å². The monoisotopic (exact) mass is 456 g/mol. The standard InChI is InChI=1S/C29H38F2O2/c1-3-5-7-9-21-11-13-22(14-12-21)23-15-17-25(18-16-23)29(32)33-26-20-19-24(10-8-6-4-2)27(30)28(26)31/h15-22H,3-14H2,1-2H3/t21-,22-. The summed E-state index contributed by atoms with van der Waals surface area (Å²) in [6, 6.07) is 10.3. The Bertz CT molecular complexity index is 883. The lowest BCUT2D eigenvalue weighted by atomic mass is 9.77. The molecule has 0 amide bonds. The van der Waals surface area contributed by atoms with Gasteiger partial charge in [0, 0.05) is 0 Å². The number of carbonyl (C=O) groups is 1. The molecule has 1 aliphatic rings. The minimum absolute atomic E-state index is 0.324. The molecule has 2 aromatic carbocycles. The van der Waals surface area contributed by atoms with Gasteiger partial charge >= 0.3 is 5.97 Å². The largest absolute Gasteiger partial charge is 0.420 e. The van der Waals surface area contributed by atoms with E-state index in [2.05, 4.69) is 13.8 Å². The van der Waals surface area contributed by atoms with Crippen molar-refractivity contribution in [2.75, 3.05) is 0 Å². The molecule has 0 aliphatic heterocycles. The molecule has 0 radical (unpaired) electrons. The van der Waals surface area contributed by atoms with E-state index < -0.39 is 17.6 Å². The van der Waals surface area contributed by atoms with Crippen LogP contribution in [0.3, 0.4) is 0 Å². The number of halogens is 2. The summed E-state index contributed by atoms with van der Waals surface area (Å²) in [7, 11) is 0. The summed E-state index contributed by atoms with van der Waals surface area (Å²) in [5.41, 5.74) is 1.91. The second-order valence-electron chi connectivity index (χ2n) is 9.53. The third-order valence-corrected chi connectivity index (χ3v) is 7.06. The summed E-state index contributed by atoms with van der Waals surface area (Å²) >= 11 is 0. The van der Waals surface area contributed by atoms with E-state index in [1.807, 2.05) is 12.1 Å². The molecule has 0 bridgehead atoms. The Kier molecular flexibility index (Phi) is 9.90. The molecule has 4 heteroatoms. The average molecular weight is 457 g/mol. The van der Waals surface area contributed by atoms with Crippen LogP contribution in [-0.4, -0.2) is 5.97 Å². The van der Waals surface area contributed by atoms with Gasteiger partial charge in [0.05, 0.1) is 5.56 Å². The summed E-state index contributed by atoms with van der Waals surface area (Å²) in [4.78, 5) is 12.5. The van der Waals surface area contributed by atoms with Gasteiger partial charge in [0.25, 0.3) is 0 Å². The number of aryl methyl sites for hydroxylation is 1. The first-order valence-corrected chi connectivity index (χ1v) is 12.8. The quantitative estimate of drug-likeness (QED) is 0.192. The zero-order valence-corrected chi connectivity index (χ0v) is 20.2. The number of rotatable bonds is 11. The fourth-order valence-corrected chi connectivity index (χ4v) is 4.93. The van der Waals surface area contributed by atoms with Gasteiger partial charge in [-0.05, 0) is 79.7 Å². The molecule has 1 fully saturated rings. The van der Waals surface area contributed by atoms with Crippen molar-refractivity contribution in [1.29, 1.82) is 0 Å². The number of carbonyl (C=O) groups excluding carboxylic acids is 1. The van der Waals surface area contributed by atoms with E-state index in [1.54, 1.807) is 12.1 Å². The predicted molar refractivity (Wildman–Crippen MR) is 130 cm³/mol. The zero-order valence-electron chi connectivity index (χ0n) is 20.2. The van der Waals surface area contributed by atoms with E-state index >= 15 is 0 Å². The fraction of sp³-hybridized carbons (Fsp3) is 0.552. The van der Waals surface area contributed by atoms with Crippen LogP contribution < -0.4 is 4.74 Å². The molecule has 2 aromatic rings. The van der Waals surface area contributed by atoms with Crippen molar-refractivity contribution in [2.24, 2.45) is 5.92 Å². The second kappa shape index (κ2) is 12.9. The molecular formula is C29H38F2O2. The maximum Gasteiger partial charge on any atom is 0.343 e. The second-order valence-corrected chi connectivity index (χ2v) is 9.53. The van der Waals surface area contributed by atoms with E-state index in [4.69, 9.17) is 4.74 Å². The Morgan fingerprint density at radius 1 is 0.848 bits per heavy atom. The Morgan fingerprint density at radius 2 is 1.52 bits per heavy atom. The SMILES string of the molecule is CCCCCc1ccc(OC(=O)c2ccc([C@H]3CC[C@H](CCCCC)CC3)cc2)c(F)c1F.